The first-order valence-corrected chi connectivity index (χ1v) is 12.4. The number of hydrogen-bond donors (Lipinski definition) is 6. The van der Waals surface area contributed by atoms with Gasteiger partial charge in [0.25, 0.3) is 0 Å². The van der Waals surface area contributed by atoms with Crippen LogP contribution in [0.15, 0.2) is 0 Å². The molecule has 0 saturated carbocycles. The first-order chi connectivity index (χ1) is 17.6. The number of carboxylic acids is 1. The quantitative estimate of drug-likeness (QED) is 0.163. The number of aliphatic carboxylic acids is 1. The third-order valence-corrected chi connectivity index (χ3v) is 6.61. The molecule has 0 aromatic rings. The Labute approximate surface area is 213 Å². The van der Waals surface area contributed by atoms with Crippen LogP contribution in [-0.4, -0.2) is 133 Å². The molecule has 0 aromatic heterocycles. The smallest absolute Gasteiger partial charge is 0.308 e. The van der Waals surface area contributed by atoms with Crippen molar-refractivity contribution >= 4 is 11.9 Å². The molecule has 0 radical (unpaired) electrons. The standard InChI is InChI=1S/C22H36N2O13/c1-9(3-13(25)26)33-14(27)4-10(2)34-22-20(17(30)19-12(36-22)6-24-8-32-19)37-21-16(29)15(28)18-11(35-21)5-23-7-31-18/h9-12,15-24,28-30H,3-8H2,1-2H3,(H,25,26). The highest BCUT2D eigenvalue weighted by atomic mass is 16.8. The van der Waals surface area contributed by atoms with Crippen molar-refractivity contribution in [1.29, 1.82) is 0 Å². The van der Waals surface area contributed by atoms with Crippen LogP contribution in [0.3, 0.4) is 0 Å². The third-order valence-electron chi connectivity index (χ3n) is 6.61. The summed E-state index contributed by atoms with van der Waals surface area (Å²) < 4.78 is 39.9. The Balaban J connectivity index is 1.42. The van der Waals surface area contributed by atoms with Gasteiger partial charge in [-0.3, -0.25) is 20.2 Å². The molecule has 0 bridgehead atoms. The Morgan fingerprint density at radius 2 is 1.46 bits per heavy atom. The molecule has 4 aliphatic heterocycles. The number of hydrogen-bond acceptors (Lipinski definition) is 14. The summed E-state index contributed by atoms with van der Waals surface area (Å²) in [6.07, 6.45) is -12.6. The van der Waals surface area contributed by atoms with Crippen molar-refractivity contribution in [2.24, 2.45) is 0 Å². The highest BCUT2D eigenvalue weighted by Crippen LogP contribution is 2.33. The summed E-state index contributed by atoms with van der Waals surface area (Å²) >= 11 is 0. The molecule has 212 valence electrons. The molecule has 6 N–H and O–H groups in total. The van der Waals surface area contributed by atoms with Gasteiger partial charge in [0.1, 0.15) is 54.9 Å². The molecular weight excluding hydrogens is 500 g/mol. The number of nitrogens with one attached hydrogen (secondary N) is 2. The molecule has 4 saturated heterocycles. The van der Waals surface area contributed by atoms with Crippen molar-refractivity contribution in [2.75, 3.05) is 26.6 Å². The van der Waals surface area contributed by atoms with E-state index in [1.165, 1.54) is 6.92 Å². The number of esters is 1. The predicted molar refractivity (Wildman–Crippen MR) is 119 cm³/mol. The van der Waals surface area contributed by atoms with Crippen molar-refractivity contribution in [1.82, 2.24) is 10.6 Å². The van der Waals surface area contributed by atoms with Crippen LogP contribution in [0.2, 0.25) is 0 Å². The van der Waals surface area contributed by atoms with Gasteiger partial charge in [0, 0.05) is 13.1 Å². The average Bonchev–Trinajstić information content (AvgIpc) is 2.83. The van der Waals surface area contributed by atoms with E-state index >= 15 is 0 Å². The summed E-state index contributed by atoms with van der Waals surface area (Å²) in [6.45, 7) is 4.17. The Bertz CT molecular complexity index is 788. The SMILES string of the molecule is CC(CC(=O)O)OC(=O)CC(C)OC1OC2CNCOC2C(O)C1OC1OC2CNCOC2C(O)C1O. The summed E-state index contributed by atoms with van der Waals surface area (Å²) in [4.78, 5) is 23.0. The van der Waals surface area contributed by atoms with Gasteiger partial charge < -0.3 is 53.6 Å². The van der Waals surface area contributed by atoms with E-state index in [4.69, 9.17) is 38.3 Å². The third kappa shape index (κ3) is 6.93. The number of aliphatic hydroxyl groups excluding tert-OH is 3. The van der Waals surface area contributed by atoms with E-state index in [-0.39, 0.29) is 26.3 Å². The van der Waals surface area contributed by atoms with Crippen molar-refractivity contribution in [2.45, 2.75) is 100 Å². The van der Waals surface area contributed by atoms with Crippen LogP contribution in [0.5, 0.6) is 0 Å². The molecule has 0 amide bonds. The number of fused-ring (bicyclic) bond motifs is 2. The number of aliphatic hydroxyl groups is 3. The molecule has 12 unspecified atom stereocenters. The molecule has 12 atom stereocenters. The predicted octanol–water partition coefficient (Wildman–Crippen LogP) is -3.00. The number of carbonyl (C=O) groups excluding carboxylic acids is 1. The van der Waals surface area contributed by atoms with Gasteiger partial charge in [-0.1, -0.05) is 0 Å². The zero-order valence-electron chi connectivity index (χ0n) is 20.6. The van der Waals surface area contributed by atoms with Crippen molar-refractivity contribution in [3.05, 3.63) is 0 Å². The monoisotopic (exact) mass is 536 g/mol. The van der Waals surface area contributed by atoms with Gasteiger partial charge in [-0.15, -0.1) is 0 Å². The van der Waals surface area contributed by atoms with Crippen molar-refractivity contribution < 1.29 is 63.2 Å². The second-order valence-corrected chi connectivity index (χ2v) is 9.67. The van der Waals surface area contributed by atoms with E-state index in [9.17, 15) is 24.9 Å². The van der Waals surface area contributed by atoms with Crippen LogP contribution in [0.4, 0.5) is 0 Å². The average molecular weight is 537 g/mol. The van der Waals surface area contributed by atoms with Gasteiger partial charge in [0.2, 0.25) is 0 Å². The minimum atomic E-state index is -1.48. The van der Waals surface area contributed by atoms with E-state index in [2.05, 4.69) is 10.6 Å². The van der Waals surface area contributed by atoms with Gasteiger partial charge in [-0.25, -0.2) is 0 Å². The molecule has 0 aliphatic carbocycles. The lowest BCUT2D eigenvalue weighted by Crippen LogP contribution is -2.68. The van der Waals surface area contributed by atoms with E-state index in [0.717, 1.165) is 0 Å². The van der Waals surface area contributed by atoms with Crippen LogP contribution in [-0.2, 0) is 42.7 Å². The molecule has 4 heterocycles. The molecule has 37 heavy (non-hydrogen) atoms. The van der Waals surface area contributed by atoms with Gasteiger partial charge >= 0.3 is 11.9 Å². The Kier molecular flexibility index (Phi) is 9.68. The second kappa shape index (κ2) is 12.6. The van der Waals surface area contributed by atoms with E-state index in [1.807, 2.05) is 0 Å². The Hall–Kier alpha value is -1.50. The van der Waals surface area contributed by atoms with E-state index in [1.54, 1.807) is 6.92 Å². The molecule has 4 aliphatic rings. The van der Waals surface area contributed by atoms with Crippen LogP contribution >= 0.6 is 0 Å². The summed E-state index contributed by atoms with van der Waals surface area (Å²) in [5.41, 5.74) is 0. The molecule has 0 aromatic carbocycles. The fraction of sp³-hybridized carbons (Fsp3) is 0.909. The first kappa shape index (κ1) is 28.5. The minimum Gasteiger partial charge on any atom is -0.481 e. The Morgan fingerprint density at radius 3 is 2.08 bits per heavy atom. The summed E-state index contributed by atoms with van der Waals surface area (Å²) in [5, 5.41) is 47.1. The maximum Gasteiger partial charge on any atom is 0.308 e. The maximum atomic E-state index is 12.2. The van der Waals surface area contributed by atoms with Crippen molar-refractivity contribution in [3.63, 3.8) is 0 Å². The van der Waals surface area contributed by atoms with Crippen LogP contribution in [0.1, 0.15) is 26.7 Å². The maximum absolute atomic E-state index is 12.2. The van der Waals surface area contributed by atoms with Crippen molar-refractivity contribution in [3.8, 4) is 0 Å². The van der Waals surface area contributed by atoms with Gasteiger partial charge in [0.05, 0.1) is 32.4 Å². The Morgan fingerprint density at radius 1 is 0.865 bits per heavy atom. The van der Waals surface area contributed by atoms with E-state index < -0.39 is 85.6 Å². The van der Waals surface area contributed by atoms with Gasteiger partial charge in [0.15, 0.2) is 12.6 Å². The molecule has 4 rings (SSSR count). The fourth-order valence-electron chi connectivity index (χ4n) is 4.85. The summed E-state index contributed by atoms with van der Waals surface area (Å²) in [5.74, 6) is -1.76. The normalized spacial score (nSPS) is 41.6. The van der Waals surface area contributed by atoms with Gasteiger partial charge in [-0.05, 0) is 13.8 Å². The molecule has 0 spiro atoms. The zero-order valence-corrected chi connectivity index (χ0v) is 20.6. The lowest BCUT2D eigenvalue weighted by atomic mass is 9.96. The number of ether oxygens (including phenoxy) is 7. The highest BCUT2D eigenvalue weighted by molar-refractivity contribution is 5.71. The number of carboxylic acid groups (broad SMARTS) is 1. The largest absolute Gasteiger partial charge is 0.481 e. The second-order valence-electron chi connectivity index (χ2n) is 9.67. The minimum absolute atomic E-state index is 0.185. The summed E-state index contributed by atoms with van der Waals surface area (Å²) in [7, 11) is 0. The molecule has 15 nitrogen and oxygen atoms in total. The zero-order chi connectivity index (χ0) is 26.7. The lowest BCUT2D eigenvalue weighted by molar-refractivity contribution is -0.377. The van der Waals surface area contributed by atoms with Gasteiger partial charge in [-0.2, -0.15) is 0 Å². The topological polar surface area (TPSA) is 204 Å². The summed E-state index contributed by atoms with van der Waals surface area (Å²) in [6, 6.07) is 0. The number of rotatable bonds is 9. The fourth-order valence-corrected chi connectivity index (χ4v) is 4.85. The van der Waals surface area contributed by atoms with Crippen LogP contribution in [0.25, 0.3) is 0 Å². The molecular formula is C22H36N2O13. The number of carbonyl (C=O) groups is 2. The molecule has 4 fully saturated rings. The molecule has 15 heteroatoms. The highest BCUT2D eigenvalue weighted by Gasteiger charge is 2.53. The first-order valence-electron chi connectivity index (χ1n) is 12.4. The lowest BCUT2D eigenvalue weighted by Gasteiger charge is -2.49. The van der Waals surface area contributed by atoms with Crippen LogP contribution in [0, 0.1) is 0 Å². The van der Waals surface area contributed by atoms with E-state index in [0.29, 0.717) is 13.1 Å². The van der Waals surface area contributed by atoms with Crippen LogP contribution < -0.4 is 10.6 Å².